The van der Waals surface area contributed by atoms with Crippen LogP contribution >= 0.6 is 27.3 Å². The lowest BCUT2D eigenvalue weighted by Crippen LogP contribution is -1.83. The highest BCUT2D eigenvalue weighted by atomic mass is 79.9. The molecule has 0 saturated carbocycles. The highest BCUT2D eigenvalue weighted by molar-refractivity contribution is 9.09. The molecule has 0 saturated heterocycles. The monoisotopic (exact) mass is 242 g/mol. The Hall–Kier alpha value is -0.590. The third-order valence-corrected chi connectivity index (χ3v) is 2.61. The van der Waals surface area contributed by atoms with E-state index >= 15 is 0 Å². The van der Waals surface area contributed by atoms with Crippen molar-refractivity contribution >= 4 is 33.0 Å². The van der Waals surface area contributed by atoms with E-state index in [2.05, 4.69) is 27.8 Å². The van der Waals surface area contributed by atoms with Crippen molar-refractivity contribution in [3.63, 3.8) is 0 Å². The van der Waals surface area contributed by atoms with Crippen molar-refractivity contribution in [1.29, 1.82) is 0 Å². The zero-order valence-corrected chi connectivity index (χ0v) is 8.96. The summed E-state index contributed by atoms with van der Waals surface area (Å²) in [6, 6.07) is 3.68. The maximum absolute atomic E-state index is 10.9. The molecule has 0 aliphatic heterocycles. The Balaban J connectivity index is 2.84. The molecule has 1 aromatic heterocycles. The van der Waals surface area contributed by atoms with E-state index in [4.69, 9.17) is 0 Å². The molecule has 1 heterocycles. The lowest BCUT2D eigenvalue weighted by Gasteiger charge is -1.81. The summed E-state index contributed by atoms with van der Waals surface area (Å²) in [5.41, 5.74) is 0. The zero-order chi connectivity index (χ0) is 8.97. The van der Waals surface area contributed by atoms with Crippen molar-refractivity contribution < 1.29 is 4.79 Å². The number of Topliss-reactive ketones (excluding diaryl/α,β-unsaturated/α-hetero) is 1. The van der Waals surface area contributed by atoms with Crippen LogP contribution in [0.5, 0.6) is 0 Å². The molecule has 0 N–H and O–H groups in total. The first-order valence-electron chi connectivity index (χ1n) is 3.39. The second kappa shape index (κ2) is 4.44. The quantitative estimate of drug-likeness (QED) is 0.421. The van der Waals surface area contributed by atoms with Gasteiger partial charge in [0, 0.05) is 0 Å². The molecule has 0 radical (unpaired) electrons. The van der Waals surface area contributed by atoms with E-state index in [9.17, 15) is 4.79 Å². The smallest absolute Gasteiger partial charge is 0.169 e. The summed E-state index contributed by atoms with van der Waals surface area (Å²) in [5.74, 6) is 5.93. The average molecular weight is 243 g/mol. The van der Waals surface area contributed by atoms with Crippen LogP contribution in [-0.2, 0) is 0 Å². The normalized spacial score (nSPS) is 8.83. The third-order valence-electron chi connectivity index (χ3n) is 1.23. The van der Waals surface area contributed by atoms with Gasteiger partial charge in [-0.15, -0.1) is 11.3 Å². The number of hydrogen-bond donors (Lipinski definition) is 0. The molecule has 1 rings (SSSR count). The van der Waals surface area contributed by atoms with Crippen LogP contribution in [-0.4, -0.2) is 11.1 Å². The number of alkyl halides is 1. The number of ketones is 1. The molecule has 1 aromatic rings. The molecule has 3 heteroatoms. The summed E-state index contributed by atoms with van der Waals surface area (Å²) >= 11 is 4.64. The number of carbonyl (C=O) groups is 1. The van der Waals surface area contributed by atoms with E-state index in [0.29, 0.717) is 5.33 Å². The molecule has 12 heavy (non-hydrogen) atoms. The summed E-state index contributed by atoms with van der Waals surface area (Å²) in [5, 5.41) is 0.667. The van der Waals surface area contributed by atoms with E-state index in [0.717, 1.165) is 9.75 Å². The molecule has 0 amide bonds. The predicted octanol–water partition coefficient (Wildman–Crippen LogP) is 2.70. The number of halogens is 1. The SMILES string of the molecule is CC(=O)c1ccc(C#CCBr)s1. The molecule has 0 fully saturated rings. The number of thiophene rings is 1. The summed E-state index contributed by atoms with van der Waals surface area (Å²) in [4.78, 5) is 12.6. The Bertz CT molecular complexity index is 343. The number of carbonyl (C=O) groups excluding carboxylic acids is 1. The molecular formula is C9H7BrOS. The lowest BCUT2D eigenvalue weighted by molar-refractivity contribution is 0.102. The van der Waals surface area contributed by atoms with Gasteiger partial charge in [0.2, 0.25) is 0 Å². The summed E-state index contributed by atoms with van der Waals surface area (Å²) in [7, 11) is 0. The van der Waals surface area contributed by atoms with E-state index in [1.165, 1.54) is 11.3 Å². The van der Waals surface area contributed by atoms with Gasteiger partial charge < -0.3 is 0 Å². The standard InChI is InChI=1S/C9H7BrOS/c1-7(11)9-5-4-8(12-9)3-2-6-10/h4-5H,6H2,1H3. The van der Waals surface area contributed by atoms with Crippen molar-refractivity contribution in [3.8, 4) is 11.8 Å². The Morgan fingerprint density at radius 1 is 1.67 bits per heavy atom. The largest absolute Gasteiger partial charge is 0.294 e. The first-order chi connectivity index (χ1) is 5.74. The minimum absolute atomic E-state index is 0.104. The third kappa shape index (κ3) is 2.47. The molecule has 0 aliphatic carbocycles. The van der Waals surface area contributed by atoms with Gasteiger partial charge in [-0.3, -0.25) is 4.79 Å². The van der Waals surface area contributed by atoms with Gasteiger partial charge >= 0.3 is 0 Å². The first-order valence-corrected chi connectivity index (χ1v) is 5.33. The van der Waals surface area contributed by atoms with Crippen LogP contribution in [0.2, 0.25) is 0 Å². The van der Waals surface area contributed by atoms with Crippen LogP contribution in [0, 0.1) is 11.8 Å². The molecule has 62 valence electrons. The van der Waals surface area contributed by atoms with Gasteiger partial charge in [0.1, 0.15) is 0 Å². The summed E-state index contributed by atoms with van der Waals surface area (Å²) in [6.45, 7) is 1.56. The van der Waals surface area contributed by atoms with Gasteiger partial charge in [-0.1, -0.05) is 27.8 Å². The molecule has 0 unspecified atom stereocenters. The van der Waals surface area contributed by atoms with E-state index in [1.54, 1.807) is 6.92 Å². The Kier molecular flexibility index (Phi) is 3.51. The highest BCUT2D eigenvalue weighted by Crippen LogP contribution is 2.15. The Morgan fingerprint density at radius 3 is 2.92 bits per heavy atom. The fourth-order valence-electron chi connectivity index (χ4n) is 0.715. The minimum atomic E-state index is 0.104. The fraction of sp³-hybridized carbons (Fsp3) is 0.222. The first kappa shape index (κ1) is 9.50. The average Bonchev–Trinajstić information content (AvgIpc) is 2.48. The van der Waals surface area contributed by atoms with Crippen molar-refractivity contribution in [3.05, 3.63) is 21.9 Å². The van der Waals surface area contributed by atoms with Crippen molar-refractivity contribution in [2.75, 3.05) is 5.33 Å². The van der Waals surface area contributed by atoms with Crippen LogP contribution in [0.4, 0.5) is 0 Å². The van der Waals surface area contributed by atoms with Crippen LogP contribution < -0.4 is 0 Å². The predicted molar refractivity (Wildman–Crippen MR) is 55.0 cm³/mol. The number of rotatable bonds is 1. The lowest BCUT2D eigenvalue weighted by atomic mass is 10.3. The maximum Gasteiger partial charge on any atom is 0.169 e. The van der Waals surface area contributed by atoms with Crippen molar-refractivity contribution in [1.82, 2.24) is 0 Å². The topological polar surface area (TPSA) is 17.1 Å². The fourth-order valence-corrected chi connectivity index (χ4v) is 1.63. The molecule has 0 aliphatic rings. The van der Waals surface area contributed by atoms with Gasteiger partial charge in [0.05, 0.1) is 15.1 Å². The van der Waals surface area contributed by atoms with Gasteiger partial charge in [0.15, 0.2) is 5.78 Å². The van der Waals surface area contributed by atoms with Crippen LogP contribution in [0.1, 0.15) is 21.5 Å². The van der Waals surface area contributed by atoms with Gasteiger partial charge in [0.25, 0.3) is 0 Å². The maximum atomic E-state index is 10.9. The second-order valence-electron chi connectivity index (χ2n) is 2.16. The van der Waals surface area contributed by atoms with E-state index in [1.807, 2.05) is 12.1 Å². The molecule has 1 nitrogen and oxygen atoms in total. The van der Waals surface area contributed by atoms with Crippen LogP contribution in [0.3, 0.4) is 0 Å². The summed E-state index contributed by atoms with van der Waals surface area (Å²) < 4.78 is 0. The highest BCUT2D eigenvalue weighted by Gasteiger charge is 2.01. The second-order valence-corrected chi connectivity index (χ2v) is 3.80. The number of hydrogen-bond acceptors (Lipinski definition) is 2. The van der Waals surface area contributed by atoms with E-state index < -0.39 is 0 Å². The van der Waals surface area contributed by atoms with Crippen LogP contribution in [0.15, 0.2) is 12.1 Å². The molecule has 0 bridgehead atoms. The molecular weight excluding hydrogens is 236 g/mol. The van der Waals surface area contributed by atoms with Crippen molar-refractivity contribution in [2.45, 2.75) is 6.92 Å². The zero-order valence-electron chi connectivity index (χ0n) is 6.56. The van der Waals surface area contributed by atoms with Gasteiger partial charge in [-0.05, 0) is 19.1 Å². The van der Waals surface area contributed by atoms with E-state index in [-0.39, 0.29) is 5.78 Å². The van der Waals surface area contributed by atoms with Gasteiger partial charge in [-0.25, -0.2) is 0 Å². The molecule has 0 atom stereocenters. The summed E-state index contributed by atoms with van der Waals surface area (Å²) in [6.07, 6.45) is 0. The Morgan fingerprint density at radius 2 is 2.42 bits per heavy atom. The molecule has 0 spiro atoms. The van der Waals surface area contributed by atoms with Crippen molar-refractivity contribution in [2.24, 2.45) is 0 Å². The Labute approximate surface area is 83.9 Å². The van der Waals surface area contributed by atoms with Gasteiger partial charge in [-0.2, -0.15) is 0 Å². The minimum Gasteiger partial charge on any atom is -0.294 e. The molecule has 0 aromatic carbocycles. The van der Waals surface area contributed by atoms with Crippen LogP contribution in [0.25, 0.3) is 0 Å².